The van der Waals surface area contributed by atoms with Gasteiger partial charge in [0.15, 0.2) is 0 Å². The first-order valence-corrected chi connectivity index (χ1v) is 7.06. The largest absolute Gasteiger partial charge is 0.380 e. The smallest absolute Gasteiger partial charge is 0.0722 e. The molecule has 2 rings (SSSR count). The Morgan fingerprint density at radius 1 is 1.22 bits per heavy atom. The van der Waals surface area contributed by atoms with Crippen LogP contribution in [0.25, 0.3) is 0 Å². The van der Waals surface area contributed by atoms with E-state index < -0.39 is 0 Å². The van der Waals surface area contributed by atoms with Gasteiger partial charge in [0, 0.05) is 17.7 Å². The van der Waals surface area contributed by atoms with Gasteiger partial charge in [0.25, 0.3) is 0 Å². The minimum absolute atomic E-state index is 0.110. The average Bonchev–Trinajstić information content (AvgIpc) is 2.22. The lowest BCUT2D eigenvalue weighted by Gasteiger charge is -2.36. The number of anilines is 1. The zero-order chi connectivity index (χ0) is 13.3. The average molecular weight is 309 g/mol. The van der Waals surface area contributed by atoms with E-state index in [4.69, 9.17) is 39.5 Å². The second kappa shape index (κ2) is 5.46. The molecule has 1 atom stereocenters. The number of ether oxygens (including phenoxy) is 1. The van der Waals surface area contributed by atoms with E-state index in [9.17, 15) is 0 Å². The SMILES string of the molecule is CC1(C)CC(Nc2c(Cl)cc(Cl)cc2Cl)CCO1. The molecule has 1 N–H and O–H groups in total. The van der Waals surface area contributed by atoms with Gasteiger partial charge in [-0.2, -0.15) is 0 Å². The zero-order valence-electron chi connectivity index (χ0n) is 10.4. The van der Waals surface area contributed by atoms with Crippen molar-refractivity contribution in [2.45, 2.75) is 38.3 Å². The van der Waals surface area contributed by atoms with E-state index in [1.807, 2.05) is 0 Å². The van der Waals surface area contributed by atoms with Gasteiger partial charge in [-0.1, -0.05) is 34.8 Å². The van der Waals surface area contributed by atoms with E-state index in [2.05, 4.69) is 19.2 Å². The van der Waals surface area contributed by atoms with Crippen molar-refractivity contribution in [1.29, 1.82) is 0 Å². The number of halogens is 3. The highest BCUT2D eigenvalue weighted by Crippen LogP contribution is 2.36. The van der Waals surface area contributed by atoms with Gasteiger partial charge in [-0.15, -0.1) is 0 Å². The van der Waals surface area contributed by atoms with Crippen LogP contribution in [-0.4, -0.2) is 18.2 Å². The Morgan fingerprint density at radius 2 is 1.83 bits per heavy atom. The zero-order valence-corrected chi connectivity index (χ0v) is 12.7. The monoisotopic (exact) mass is 307 g/mol. The van der Waals surface area contributed by atoms with E-state index in [0.717, 1.165) is 25.1 Å². The number of hydrogen-bond acceptors (Lipinski definition) is 2. The molecular weight excluding hydrogens is 293 g/mol. The van der Waals surface area contributed by atoms with Gasteiger partial charge in [-0.3, -0.25) is 0 Å². The Hall–Kier alpha value is -0.150. The summed E-state index contributed by atoms with van der Waals surface area (Å²) < 4.78 is 5.69. The highest BCUT2D eigenvalue weighted by Gasteiger charge is 2.29. The molecule has 0 bridgehead atoms. The maximum absolute atomic E-state index is 6.16. The second-order valence-electron chi connectivity index (χ2n) is 5.19. The molecule has 1 unspecified atom stereocenters. The first-order valence-electron chi connectivity index (χ1n) is 5.92. The van der Waals surface area contributed by atoms with E-state index in [-0.39, 0.29) is 5.60 Å². The number of hydrogen-bond donors (Lipinski definition) is 1. The summed E-state index contributed by atoms with van der Waals surface area (Å²) >= 11 is 18.2. The summed E-state index contributed by atoms with van der Waals surface area (Å²) in [5.74, 6) is 0. The number of benzene rings is 1. The highest BCUT2D eigenvalue weighted by atomic mass is 35.5. The van der Waals surface area contributed by atoms with Crippen molar-refractivity contribution >= 4 is 40.5 Å². The molecule has 0 amide bonds. The van der Waals surface area contributed by atoms with Crippen LogP contribution in [0.15, 0.2) is 12.1 Å². The summed E-state index contributed by atoms with van der Waals surface area (Å²) in [6, 6.07) is 3.70. The molecule has 1 aromatic carbocycles. The van der Waals surface area contributed by atoms with Gasteiger partial charge in [0.2, 0.25) is 0 Å². The molecule has 1 aliphatic heterocycles. The fraction of sp³-hybridized carbons (Fsp3) is 0.538. The van der Waals surface area contributed by atoms with Crippen LogP contribution in [0.1, 0.15) is 26.7 Å². The third-order valence-corrected chi connectivity index (χ3v) is 3.87. The summed E-state index contributed by atoms with van der Waals surface area (Å²) in [6.45, 7) is 4.92. The minimum atomic E-state index is -0.110. The summed E-state index contributed by atoms with van der Waals surface area (Å²) in [6.07, 6.45) is 1.86. The van der Waals surface area contributed by atoms with Crippen LogP contribution < -0.4 is 5.32 Å². The highest BCUT2D eigenvalue weighted by molar-refractivity contribution is 6.41. The Labute approximate surface area is 123 Å². The fourth-order valence-electron chi connectivity index (χ4n) is 2.24. The molecule has 100 valence electrons. The molecular formula is C13H16Cl3NO. The molecule has 1 saturated heterocycles. The lowest BCUT2D eigenvalue weighted by molar-refractivity contribution is -0.0553. The van der Waals surface area contributed by atoms with Crippen LogP contribution in [0, 0.1) is 0 Å². The summed E-state index contributed by atoms with van der Waals surface area (Å²) in [4.78, 5) is 0. The predicted molar refractivity (Wildman–Crippen MR) is 78.1 cm³/mol. The summed E-state index contributed by atoms with van der Waals surface area (Å²) in [5.41, 5.74) is 0.645. The Morgan fingerprint density at radius 3 is 2.39 bits per heavy atom. The molecule has 1 heterocycles. The topological polar surface area (TPSA) is 21.3 Å². The third kappa shape index (κ3) is 3.45. The van der Waals surface area contributed by atoms with Gasteiger partial charge in [-0.25, -0.2) is 0 Å². The normalized spacial score (nSPS) is 22.8. The van der Waals surface area contributed by atoms with Crippen LogP contribution in [0.4, 0.5) is 5.69 Å². The summed E-state index contributed by atoms with van der Waals surface area (Å²) in [7, 11) is 0. The van der Waals surface area contributed by atoms with Gasteiger partial charge in [0.1, 0.15) is 0 Å². The molecule has 0 aromatic heterocycles. The fourth-order valence-corrected chi connectivity index (χ4v) is 3.17. The van der Waals surface area contributed by atoms with Crippen LogP contribution in [0.3, 0.4) is 0 Å². The van der Waals surface area contributed by atoms with E-state index in [1.165, 1.54) is 0 Å². The van der Waals surface area contributed by atoms with Gasteiger partial charge < -0.3 is 10.1 Å². The van der Waals surface area contributed by atoms with Crippen molar-refractivity contribution in [3.8, 4) is 0 Å². The van der Waals surface area contributed by atoms with Crippen molar-refractivity contribution in [2.75, 3.05) is 11.9 Å². The quantitative estimate of drug-likeness (QED) is 0.828. The lowest BCUT2D eigenvalue weighted by atomic mass is 9.94. The van der Waals surface area contributed by atoms with Crippen molar-refractivity contribution in [3.05, 3.63) is 27.2 Å². The number of nitrogens with one attached hydrogen (secondary N) is 1. The Kier molecular flexibility index (Phi) is 4.32. The lowest BCUT2D eigenvalue weighted by Crippen LogP contribution is -2.40. The minimum Gasteiger partial charge on any atom is -0.380 e. The molecule has 0 aliphatic carbocycles. The predicted octanol–water partition coefficient (Wildman–Crippen LogP) is 5.02. The van der Waals surface area contributed by atoms with Crippen LogP contribution in [0.2, 0.25) is 15.1 Å². The van der Waals surface area contributed by atoms with Crippen molar-refractivity contribution in [3.63, 3.8) is 0 Å². The molecule has 0 saturated carbocycles. The van der Waals surface area contributed by atoms with Crippen LogP contribution in [0.5, 0.6) is 0 Å². The first-order chi connectivity index (χ1) is 8.37. The Balaban J connectivity index is 2.14. The molecule has 18 heavy (non-hydrogen) atoms. The molecule has 1 aromatic rings. The van der Waals surface area contributed by atoms with Crippen molar-refractivity contribution < 1.29 is 4.74 Å². The van der Waals surface area contributed by atoms with Crippen LogP contribution in [-0.2, 0) is 4.74 Å². The van der Waals surface area contributed by atoms with Gasteiger partial charge in [-0.05, 0) is 38.8 Å². The van der Waals surface area contributed by atoms with Crippen LogP contribution >= 0.6 is 34.8 Å². The van der Waals surface area contributed by atoms with E-state index >= 15 is 0 Å². The van der Waals surface area contributed by atoms with Gasteiger partial charge >= 0.3 is 0 Å². The maximum Gasteiger partial charge on any atom is 0.0722 e. The van der Waals surface area contributed by atoms with Crippen molar-refractivity contribution in [1.82, 2.24) is 0 Å². The first kappa shape index (κ1) is 14.3. The molecule has 1 fully saturated rings. The molecule has 0 radical (unpaired) electrons. The molecule has 1 aliphatic rings. The van der Waals surface area contributed by atoms with E-state index in [0.29, 0.717) is 21.1 Å². The molecule has 5 heteroatoms. The van der Waals surface area contributed by atoms with Crippen molar-refractivity contribution in [2.24, 2.45) is 0 Å². The summed E-state index contributed by atoms with van der Waals surface area (Å²) in [5, 5.41) is 5.05. The van der Waals surface area contributed by atoms with E-state index in [1.54, 1.807) is 12.1 Å². The second-order valence-corrected chi connectivity index (χ2v) is 6.44. The van der Waals surface area contributed by atoms with Gasteiger partial charge in [0.05, 0.1) is 21.3 Å². The maximum atomic E-state index is 6.16. The molecule has 2 nitrogen and oxygen atoms in total. The standard InChI is InChI=1S/C13H16Cl3NO/c1-13(2)7-9(3-4-18-13)17-12-10(15)5-8(14)6-11(12)16/h5-6,9,17H,3-4,7H2,1-2H3. The Bertz CT molecular complexity index is 425. The molecule has 0 spiro atoms. The number of rotatable bonds is 2. The third-order valence-electron chi connectivity index (χ3n) is 3.05.